The molecule has 0 amide bonds. The number of nitrogens with zero attached hydrogens (tertiary/aromatic N) is 2. The van der Waals surface area contributed by atoms with Gasteiger partial charge in [0.1, 0.15) is 0 Å². The second-order valence-corrected chi connectivity index (χ2v) is 5.81. The monoisotopic (exact) mass is 243 g/mol. The maximum atomic E-state index is 9.86. The van der Waals surface area contributed by atoms with Crippen molar-refractivity contribution in [1.29, 1.82) is 0 Å². The summed E-state index contributed by atoms with van der Waals surface area (Å²) in [6, 6.07) is 0.616. The van der Waals surface area contributed by atoms with Gasteiger partial charge in [-0.1, -0.05) is 0 Å². The summed E-state index contributed by atoms with van der Waals surface area (Å²) in [6.07, 6.45) is 3.06. The van der Waals surface area contributed by atoms with Crippen LogP contribution in [0.25, 0.3) is 0 Å². The first-order chi connectivity index (χ1) is 7.94. The van der Waals surface area contributed by atoms with Crippen LogP contribution in [0.3, 0.4) is 0 Å². The molecule has 0 aromatic carbocycles. The van der Waals surface area contributed by atoms with E-state index in [0.29, 0.717) is 12.6 Å². The molecule has 0 saturated carbocycles. The molecule has 4 nitrogen and oxygen atoms in total. The van der Waals surface area contributed by atoms with Gasteiger partial charge >= 0.3 is 0 Å². The molecule has 2 atom stereocenters. The molecular formula is C13H29N3O. The van der Waals surface area contributed by atoms with Crippen molar-refractivity contribution >= 4 is 0 Å². The molecule has 0 aromatic heterocycles. The molecule has 2 unspecified atom stereocenters. The van der Waals surface area contributed by atoms with E-state index in [9.17, 15) is 5.11 Å². The van der Waals surface area contributed by atoms with Crippen LogP contribution in [0.4, 0.5) is 0 Å². The van der Waals surface area contributed by atoms with Gasteiger partial charge in [-0.2, -0.15) is 0 Å². The summed E-state index contributed by atoms with van der Waals surface area (Å²) >= 11 is 0. The fraction of sp³-hybridized carbons (Fsp3) is 1.00. The third-order valence-electron chi connectivity index (χ3n) is 3.78. The van der Waals surface area contributed by atoms with Crippen molar-refractivity contribution in [1.82, 2.24) is 9.80 Å². The van der Waals surface area contributed by atoms with E-state index in [-0.39, 0.29) is 0 Å². The van der Waals surface area contributed by atoms with Gasteiger partial charge in [0.25, 0.3) is 0 Å². The second kappa shape index (κ2) is 6.69. The van der Waals surface area contributed by atoms with Gasteiger partial charge in [0.15, 0.2) is 0 Å². The molecule has 1 aliphatic rings. The highest BCUT2D eigenvalue weighted by Crippen LogP contribution is 2.14. The Balaban J connectivity index is 2.30. The number of hydrogen-bond acceptors (Lipinski definition) is 4. The van der Waals surface area contributed by atoms with Crippen LogP contribution < -0.4 is 5.73 Å². The molecule has 0 spiro atoms. The Morgan fingerprint density at radius 2 is 2.12 bits per heavy atom. The topological polar surface area (TPSA) is 52.7 Å². The molecular weight excluding hydrogens is 214 g/mol. The Hall–Kier alpha value is -0.160. The number of nitrogens with two attached hydrogens (primary N) is 1. The third kappa shape index (κ3) is 5.34. The van der Waals surface area contributed by atoms with Crippen molar-refractivity contribution in [2.75, 3.05) is 39.8 Å². The van der Waals surface area contributed by atoms with Crippen molar-refractivity contribution in [3.63, 3.8) is 0 Å². The van der Waals surface area contributed by atoms with E-state index in [4.69, 9.17) is 5.73 Å². The Morgan fingerprint density at radius 3 is 2.76 bits per heavy atom. The van der Waals surface area contributed by atoms with Crippen LogP contribution in [0.2, 0.25) is 0 Å². The fourth-order valence-corrected chi connectivity index (χ4v) is 2.52. The lowest BCUT2D eigenvalue weighted by Crippen LogP contribution is -2.40. The fourth-order valence-electron chi connectivity index (χ4n) is 2.52. The summed E-state index contributed by atoms with van der Waals surface area (Å²) in [6.45, 7) is 9.07. The zero-order chi connectivity index (χ0) is 12.9. The molecule has 1 aliphatic heterocycles. The van der Waals surface area contributed by atoms with E-state index in [1.54, 1.807) is 0 Å². The van der Waals surface area contributed by atoms with Gasteiger partial charge in [-0.15, -0.1) is 0 Å². The van der Waals surface area contributed by atoms with Crippen molar-refractivity contribution < 1.29 is 5.11 Å². The standard InChI is InChI=1S/C13H29N3O/c1-12-10-15(3)7-5-9-16(12)8-4-6-13(2,17)11-14/h12,17H,4-11,14H2,1-3H3. The first-order valence-electron chi connectivity index (χ1n) is 6.79. The highest BCUT2D eigenvalue weighted by molar-refractivity contribution is 4.78. The molecule has 1 saturated heterocycles. The van der Waals surface area contributed by atoms with Gasteiger partial charge < -0.3 is 15.7 Å². The summed E-state index contributed by atoms with van der Waals surface area (Å²) in [7, 11) is 2.19. The summed E-state index contributed by atoms with van der Waals surface area (Å²) in [5, 5.41) is 9.86. The van der Waals surface area contributed by atoms with Crippen molar-refractivity contribution in [3.8, 4) is 0 Å². The van der Waals surface area contributed by atoms with Gasteiger partial charge in [0.05, 0.1) is 5.60 Å². The minimum Gasteiger partial charge on any atom is -0.389 e. The molecule has 0 aliphatic carbocycles. The highest BCUT2D eigenvalue weighted by Gasteiger charge is 2.21. The molecule has 0 aromatic rings. The van der Waals surface area contributed by atoms with Crippen LogP contribution >= 0.6 is 0 Å². The first-order valence-corrected chi connectivity index (χ1v) is 6.79. The maximum Gasteiger partial charge on any atom is 0.0741 e. The minimum atomic E-state index is -0.689. The predicted octanol–water partition coefficient (Wildman–Crippen LogP) is 0.502. The van der Waals surface area contributed by atoms with E-state index in [1.165, 1.54) is 19.5 Å². The molecule has 0 radical (unpaired) electrons. The smallest absolute Gasteiger partial charge is 0.0741 e. The Bertz CT molecular complexity index is 221. The predicted molar refractivity (Wildman–Crippen MR) is 72.1 cm³/mol. The Kier molecular flexibility index (Phi) is 5.86. The summed E-state index contributed by atoms with van der Waals surface area (Å²) < 4.78 is 0. The van der Waals surface area contributed by atoms with Gasteiger partial charge in [-0.3, -0.25) is 4.90 Å². The number of hydrogen-bond donors (Lipinski definition) is 2. The van der Waals surface area contributed by atoms with Gasteiger partial charge in [0, 0.05) is 19.1 Å². The number of rotatable bonds is 5. The van der Waals surface area contributed by atoms with E-state index in [1.807, 2.05) is 6.92 Å². The van der Waals surface area contributed by atoms with Crippen LogP contribution in [0, 0.1) is 0 Å². The zero-order valence-corrected chi connectivity index (χ0v) is 11.7. The van der Waals surface area contributed by atoms with E-state index in [2.05, 4.69) is 23.8 Å². The minimum absolute atomic E-state index is 0.352. The average Bonchev–Trinajstić information content (AvgIpc) is 2.41. The lowest BCUT2D eigenvalue weighted by atomic mass is 10.0. The third-order valence-corrected chi connectivity index (χ3v) is 3.78. The SMILES string of the molecule is CC1CN(C)CCCN1CCCC(C)(O)CN. The van der Waals surface area contributed by atoms with Crippen LogP contribution in [0.15, 0.2) is 0 Å². The van der Waals surface area contributed by atoms with Gasteiger partial charge in [-0.25, -0.2) is 0 Å². The lowest BCUT2D eigenvalue weighted by Gasteiger charge is -2.29. The molecule has 17 heavy (non-hydrogen) atoms. The van der Waals surface area contributed by atoms with Crippen LogP contribution in [0.5, 0.6) is 0 Å². The zero-order valence-electron chi connectivity index (χ0n) is 11.7. The van der Waals surface area contributed by atoms with Crippen LogP contribution in [0.1, 0.15) is 33.1 Å². The van der Waals surface area contributed by atoms with Crippen molar-refractivity contribution in [3.05, 3.63) is 0 Å². The van der Waals surface area contributed by atoms with E-state index >= 15 is 0 Å². The van der Waals surface area contributed by atoms with E-state index < -0.39 is 5.60 Å². The molecule has 102 valence electrons. The average molecular weight is 243 g/mol. The van der Waals surface area contributed by atoms with Crippen molar-refractivity contribution in [2.24, 2.45) is 5.73 Å². The normalized spacial score (nSPS) is 27.7. The maximum absolute atomic E-state index is 9.86. The van der Waals surface area contributed by atoms with E-state index in [0.717, 1.165) is 25.9 Å². The number of aliphatic hydroxyl groups is 1. The molecule has 4 heteroatoms. The summed E-state index contributed by atoms with van der Waals surface area (Å²) in [4.78, 5) is 4.94. The van der Waals surface area contributed by atoms with Crippen LogP contribution in [-0.2, 0) is 0 Å². The summed E-state index contributed by atoms with van der Waals surface area (Å²) in [5.41, 5.74) is 4.84. The quantitative estimate of drug-likeness (QED) is 0.738. The first kappa shape index (κ1) is 14.9. The Labute approximate surface area is 106 Å². The highest BCUT2D eigenvalue weighted by atomic mass is 16.3. The van der Waals surface area contributed by atoms with Gasteiger partial charge in [0.2, 0.25) is 0 Å². The number of likely N-dealkylation sites (N-methyl/N-ethyl adjacent to an activating group) is 1. The molecule has 0 bridgehead atoms. The van der Waals surface area contributed by atoms with Crippen LogP contribution in [-0.4, -0.2) is 66.3 Å². The molecule has 1 heterocycles. The summed E-state index contributed by atoms with van der Waals surface area (Å²) in [5.74, 6) is 0. The molecule has 1 rings (SSSR count). The second-order valence-electron chi connectivity index (χ2n) is 5.81. The molecule has 1 fully saturated rings. The molecule has 3 N–H and O–H groups in total. The Morgan fingerprint density at radius 1 is 1.41 bits per heavy atom. The van der Waals surface area contributed by atoms with Crippen molar-refractivity contribution in [2.45, 2.75) is 44.8 Å². The lowest BCUT2D eigenvalue weighted by molar-refractivity contribution is 0.0528. The largest absolute Gasteiger partial charge is 0.389 e. The van der Waals surface area contributed by atoms with Gasteiger partial charge in [-0.05, 0) is 59.8 Å².